The standard InChI is InChI=1S/C19H22N2O4/c1-12(2)17(21-9-8-13(3)10-16(21)22)18(23)20-11-14-4-6-15(7-5-14)19(24)25/h4-10,12,17H,11H2,1-3H3,(H,20,23)(H,24,25). The molecule has 0 aliphatic heterocycles. The number of pyridine rings is 1. The van der Waals surface area contributed by atoms with Gasteiger partial charge in [0.15, 0.2) is 0 Å². The van der Waals surface area contributed by atoms with E-state index in [1.54, 1.807) is 24.4 Å². The van der Waals surface area contributed by atoms with Gasteiger partial charge in [0.1, 0.15) is 6.04 Å². The third kappa shape index (κ3) is 4.56. The number of aromatic nitrogens is 1. The molecule has 0 saturated carbocycles. The summed E-state index contributed by atoms with van der Waals surface area (Å²) in [5, 5.41) is 11.7. The number of amides is 1. The number of hydrogen-bond donors (Lipinski definition) is 2. The second kappa shape index (κ2) is 7.79. The first-order chi connectivity index (χ1) is 11.8. The molecule has 0 spiro atoms. The van der Waals surface area contributed by atoms with Gasteiger partial charge in [0.05, 0.1) is 5.56 Å². The van der Waals surface area contributed by atoms with Crippen LogP contribution >= 0.6 is 0 Å². The molecule has 0 aliphatic rings. The molecule has 0 bridgehead atoms. The summed E-state index contributed by atoms with van der Waals surface area (Å²) in [5.74, 6) is -1.30. The zero-order valence-corrected chi connectivity index (χ0v) is 14.5. The van der Waals surface area contributed by atoms with E-state index in [2.05, 4.69) is 5.32 Å². The van der Waals surface area contributed by atoms with Crippen molar-refractivity contribution in [2.75, 3.05) is 0 Å². The smallest absolute Gasteiger partial charge is 0.335 e. The van der Waals surface area contributed by atoms with E-state index in [4.69, 9.17) is 5.11 Å². The molecule has 2 rings (SSSR count). The lowest BCUT2D eigenvalue weighted by Gasteiger charge is -2.23. The topological polar surface area (TPSA) is 88.4 Å². The monoisotopic (exact) mass is 342 g/mol. The minimum atomic E-state index is -0.991. The van der Waals surface area contributed by atoms with Gasteiger partial charge in [-0.2, -0.15) is 0 Å². The summed E-state index contributed by atoms with van der Waals surface area (Å²) in [4.78, 5) is 35.7. The molecule has 2 N–H and O–H groups in total. The van der Waals surface area contributed by atoms with E-state index in [-0.39, 0.29) is 29.5 Å². The van der Waals surface area contributed by atoms with Crippen LogP contribution in [0.1, 0.15) is 41.4 Å². The predicted octanol–water partition coefficient (Wildman–Crippen LogP) is 2.37. The van der Waals surface area contributed by atoms with Gasteiger partial charge < -0.3 is 15.0 Å². The third-order valence-electron chi connectivity index (χ3n) is 3.97. The Bertz CT molecular complexity index is 822. The average molecular weight is 342 g/mol. The van der Waals surface area contributed by atoms with Crippen LogP contribution in [0.25, 0.3) is 0 Å². The Morgan fingerprint density at radius 3 is 2.32 bits per heavy atom. The highest BCUT2D eigenvalue weighted by Crippen LogP contribution is 2.16. The van der Waals surface area contributed by atoms with Gasteiger partial charge >= 0.3 is 5.97 Å². The maximum absolute atomic E-state index is 12.6. The lowest BCUT2D eigenvalue weighted by Crippen LogP contribution is -2.39. The minimum Gasteiger partial charge on any atom is -0.478 e. The van der Waals surface area contributed by atoms with Gasteiger partial charge in [-0.1, -0.05) is 26.0 Å². The van der Waals surface area contributed by atoms with Crippen LogP contribution in [-0.4, -0.2) is 21.6 Å². The van der Waals surface area contributed by atoms with Gasteiger partial charge in [-0.05, 0) is 42.2 Å². The number of nitrogens with zero attached hydrogens (tertiary/aromatic N) is 1. The van der Waals surface area contributed by atoms with E-state index in [1.165, 1.54) is 22.8 Å². The van der Waals surface area contributed by atoms with Crippen LogP contribution in [0.5, 0.6) is 0 Å². The van der Waals surface area contributed by atoms with Crippen LogP contribution in [-0.2, 0) is 11.3 Å². The molecule has 6 heteroatoms. The Morgan fingerprint density at radius 2 is 1.80 bits per heavy atom. The fourth-order valence-electron chi connectivity index (χ4n) is 2.63. The van der Waals surface area contributed by atoms with Crippen LogP contribution in [0.2, 0.25) is 0 Å². The first-order valence-electron chi connectivity index (χ1n) is 8.08. The summed E-state index contributed by atoms with van der Waals surface area (Å²) in [6, 6.07) is 9.01. The number of aryl methyl sites for hydroxylation is 1. The number of carbonyl (C=O) groups excluding carboxylic acids is 1. The summed E-state index contributed by atoms with van der Waals surface area (Å²) >= 11 is 0. The van der Waals surface area contributed by atoms with Gasteiger partial charge in [0, 0.05) is 18.8 Å². The highest BCUT2D eigenvalue weighted by Gasteiger charge is 2.24. The Morgan fingerprint density at radius 1 is 1.16 bits per heavy atom. The average Bonchev–Trinajstić information content (AvgIpc) is 2.55. The quantitative estimate of drug-likeness (QED) is 0.843. The van der Waals surface area contributed by atoms with E-state index < -0.39 is 12.0 Å². The fourth-order valence-corrected chi connectivity index (χ4v) is 2.63. The number of aromatic carboxylic acids is 1. The molecular weight excluding hydrogens is 320 g/mol. The highest BCUT2D eigenvalue weighted by atomic mass is 16.4. The van der Waals surface area contributed by atoms with Crippen molar-refractivity contribution in [2.45, 2.75) is 33.4 Å². The Hall–Kier alpha value is -2.89. The van der Waals surface area contributed by atoms with E-state index in [1.807, 2.05) is 20.8 Å². The second-order valence-electron chi connectivity index (χ2n) is 6.36. The summed E-state index contributed by atoms with van der Waals surface area (Å²) in [6.45, 7) is 5.87. The fraction of sp³-hybridized carbons (Fsp3) is 0.316. The molecule has 1 heterocycles. The zero-order chi connectivity index (χ0) is 18.6. The molecule has 0 aliphatic carbocycles. The SMILES string of the molecule is Cc1ccn(C(C(=O)NCc2ccc(C(=O)O)cc2)C(C)C)c(=O)c1. The van der Waals surface area contributed by atoms with Crippen LogP contribution in [0, 0.1) is 12.8 Å². The van der Waals surface area contributed by atoms with E-state index in [9.17, 15) is 14.4 Å². The van der Waals surface area contributed by atoms with Crippen molar-refractivity contribution in [1.82, 2.24) is 9.88 Å². The molecule has 0 radical (unpaired) electrons. The van der Waals surface area contributed by atoms with Crippen molar-refractivity contribution in [3.8, 4) is 0 Å². The Balaban J connectivity index is 2.13. The van der Waals surface area contributed by atoms with Crippen molar-refractivity contribution in [3.05, 3.63) is 69.6 Å². The van der Waals surface area contributed by atoms with E-state index in [0.717, 1.165) is 11.1 Å². The number of rotatable bonds is 6. The minimum absolute atomic E-state index is 0.0604. The van der Waals surface area contributed by atoms with Crippen molar-refractivity contribution in [1.29, 1.82) is 0 Å². The number of nitrogens with one attached hydrogen (secondary N) is 1. The summed E-state index contributed by atoms with van der Waals surface area (Å²) in [6.07, 6.45) is 1.64. The Labute approximate surface area is 146 Å². The first kappa shape index (κ1) is 18.4. The molecule has 2 aromatic rings. The van der Waals surface area contributed by atoms with Gasteiger partial charge in [0.25, 0.3) is 5.56 Å². The molecule has 25 heavy (non-hydrogen) atoms. The normalized spacial score (nSPS) is 12.0. The Kier molecular flexibility index (Phi) is 5.75. The van der Waals surface area contributed by atoms with Crippen LogP contribution in [0.4, 0.5) is 0 Å². The molecule has 1 aromatic carbocycles. The number of hydrogen-bond acceptors (Lipinski definition) is 3. The number of carboxylic acids is 1. The second-order valence-corrected chi connectivity index (χ2v) is 6.36. The summed E-state index contributed by atoms with van der Waals surface area (Å²) < 4.78 is 1.44. The molecule has 1 aromatic heterocycles. The van der Waals surface area contributed by atoms with Gasteiger partial charge in [-0.15, -0.1) is 0 Å². The third-order valence-corrected chi connectivity index (χ3v) is 3.97. The van der Waals surface area contributed by atoms with Crippen molar-refractivity contribution in [2.24, 2.45) is 5.92 Å². The predicted molar refractivity (Wildman–Crippen MR) is 94.6 cm³/mol. The van der Waals surface area contributed by atoms with E-state index >= 15 is 0 Å². The summed E-state index contributed by atoms with van der Waals surface area (Å²) in [5.41, 5.74) is 1.63. The first-order valence-corrected chi connectivity index (χ1v) is 8.08. The van der Waals surface area contributed by atoms with Gasteiger partial charge in [-0.3, -0.25) is 9.59 Å². The highest BCUT2D eigenvalue weighted by molar-refractivity contribution is 5.87. The lowest BCUT2D eigenvalue weighted by atomic mass is 10.0. The lowest BCUT2D eigenvalue weighted by molar-refractivity contribution is -0.125. The van der Waals surface area contributed by atoms with Gasteiger partial charge in [-0.25, -0.2) is 4.79 Å². The molecule has 132 valence electrons. The number of carbonyl (C=O) groups is 2. The van der Waals surface area contributed by atoms with Crippen LogP contribution in [0.15, 0.2) is 47.4 Å². The molecule has 1 unspecified atom stereocenters. The maximum atomic E-state index is 12.6. The number of benzene rings is 1. The van der Waals surface area contributed by atoms with Crippen molar-refractivity contribution in [3.63, 3.8) is 0 Å². The summed E-state index contributed by atoms with van der Waals surface area (Å²) in [7, 11) is 0. The van der Waals surface area contributed by atoms with Crippen molar-refractivity contribution >= 4 is 11.9 Å². The largest absolute Gasteiger partial charge is 0.478 e. The number of carboxylic acid groups (broad SMARTS) is 1. The molecular formula is C19H22N2O4. The maximum Gasteiger partial charge on any atom is 0.335 e. The molecule has 1 amide bonds. The van der Waals surface area contributed by atoms with E-state index in [0.29, 0.717) is 0 Å². The molecule has 0 fully saturated rings. The zero-order valence-electron chi connectivity index (χ0n) is 14.5. The van der Waals surface area contributed by atoms with Crippen LogP contribution < -0.4 is 10.9 Å². The molecule has 0 saturated heterocycles. The van der Waals surface area contributed by atoms with Crippen LogP contribution in [0.3, 0.4) is 0 Å². The molecule has 6 nitrogen and oxygen atoms in total. The van der Waals surface area contributed by atoms with Crippen molar-refractivity contribution < 1.29 is 14.7 Å². The van der Waals surface area contributed by atoms with Gasteiger partial charge in [0.2, 0.25) is 5.91 Å². The molecule has 1 atom stereocenters.